The minimum absolute atomic E-state index is 0.00972. The van der Waals surface area contributed by atoms with E-state index in [4.69, 9.17) is 21.1 Å². The first-order valence-corrected chi connectivity index (χ1v) is 11.3. The van der Waals surface area contributed by atoms with Crippen LogP contribution in [0.15, 0.2) is 30.5 Å². The third kappa shape index (κ3) is 5.86. The van der Waals surface area contributed by atoms with Gasteiger partial charge in [-0.05, 0) is 49.8 Å². The molecule has 1 N–H and O–H groups in total. The predicted octanol–water partition coefficient (Wildman–Crippen LogP) is 4.83. The van der Waals surface area contributed by atoms with Crippen LogP contribution in [0.25, 0.3) is 0 Å². The van der Waals surface area contributed by atoms with Gasteiger partial charge in [-0.25, -0.2) is 4.98 Å². The lowest BCUT2D eigenvalue weighted by Gasteiger charge is -2.38. The van der Waals surface area contributed by atoms with E-state index in [0.29, 0.717) is 34.5 Å². The molecule has 3 heterocycles. The molecule has 1 aliphatic heterocycles. The molecule has 1 aliphatic carbocycles. The Bertz CT molecular complexity index is 896. The van der Waals surface area contributed by atoms with Crippen LogP contribution in [0.3, 0.4) is 0 Å². The quantitative estimate of drug-likeness (QED) is 0.584. The van der Waals surface area contributed by atoms with Crippen LogP contribution < -0.4 is 15.0 Å². The second-order valence-corrected chi connectivity index (χ2v) is 9.03. The molecule has 31 heavy (non-hydrogen) atoms. The average molecular weight is 445 g/mol. The zero-order valence-corrected chi connectivity index (χ0v) is 18.8. The number of nitrogens with one attached hydrogen (secondary N) is 1. The Hall–Kier alpha value is -2.38. The van der Waals surface area contributed by atoms with E-state index in [2.05, 4.69) is 34.0 Å². The van der Waals surface area contributed by atoms with Gasteiger partial charge in [-0.1, -0.05) is 25.4 Å². The Morgan fingerprint density at radius 2 is 2.00 bits per heavy atom. The summed E-state index contributed by atoms with van der Waals surface area (Å²) in [6.07, 6.45) is 5.30. The summed E-state index contributed by atoms with van der Waals surface area (Å²) in [6, 6.07) is 7.70. The number of hydrogen-bond acceptors (Lipinski definition) is 7. The van der Waals surface area contributed by atoms with Crippen molar-refractivity contribution in [3.05, 3.63) is 35.5 Å². The molecule has 7 nitrogen and oxygen atoms in total. The monoisotopic (exact) mass is 444 g/mol. The van der Waals surface area contributed by atoms with E-state index in [1.54, 1.807) is 24.4 Å². The Morgan fingerprint density at radius 1 is 1.23 bits per heavy atom. The predicted molar refractivity (Wildman–Crippen MR) is 121 cm³/mol. The van der Waals surface area contributed by atoms with Crippen molar-refractivity contribution in [3.8, 4) is 5.88 Å². The molecule has 2 aromatic rings. The summed E-state index contributed by atoms with van der Waals surface area (Å²) in [7, 11) is 0. The molecule has 1 saturated carbocycles. The highest BCUT2D eigenvalue weighted by atomic mass is 35.5. The van der Waals surface area contributed by atoms with E-state index >= 15 is 0 Å². The van der Waals surface area contributed by atoms with Crippen molar-refractivity contribution in [3.63, 3.8) is 0 Å². The summed E-state index contributed by atoms with van der Waals surface area (Å²) in [5, 5.41) is 3.87. The van der Waals surface area contributed by atoms with Crippen LogP contribution in [-0.4, -0.2) is 41.7 Å². The zero-order chi connectivity index (χ0) is 21.8. The molecule has 0 atom stereocenters. The van der Waals surface area contributed by atoms with E-state index in [1.165, 1.54) is 0 Å². The smallest absolute Gasteiger partial charge is 0.315 e. The van der Waals surface area contributed by atoms with Crippen LogP contribution in [0, 0.1) is 11.8 Å². The molecule has 0 aromatic carbocycles. The number of pyridine rings is 2. The van der Waals surface area contributed by atoms with Crippen molar-refractivity contribution in [1.82, 2.24) is 9.97 Å². The minimum Gasteiger partial charge on any atom is -0.407 e. The SMILES string of the molecule is CC(C)CN(c1ccc(OC(=O)C2CC2)nc1Nc1ccc(Cl)cn1)C1CCOCC1. The lowest BCUT2D eigenvalue weighted by molar-refractivity contribution is -0.136. The first-order valence-electron chi connectivity index (χ1n) is 11.0. The molecule has 1 saturated heterocycles. The highest BCUT2D eigenvalue weighted by molar-refractivity contribution is 6.30. The van der Waals surface area contributed by atoms with Gasteiger partial charge in [0.05, 0.1) is 16.6 Å². The number of nitrogens with zero attached hydrogens (tertiary/aromatic N) is 3. The van der Waals surface area contributed by atoms with E-state index in [0.717, 1.165) is 51.1 Å². The van der Waals surface area contributed by atoms with Crippen molar-refractivity contribution >= 4 is 34.9 Å². The maximum atomic E-state index is 12.2. The molecule has 0 amide bonds. The molecule has 0 spiro atoms. The van der Waals surface area contributed by atoms with E-state index in [-0.39, 0.29) is 11.9 Å². The summed E-state index contributed by atoms with van der Waals surface area (Å²) in [5.41, 5.74) is 0.962. The van der Waals surface area contributed by atoms with Crippen molar-refractivity contribution in [2.45, 2.75) is 45.6 Å². The topological polar surface area (TPSA) is 76.6 Å². The van der Waals surface area contributed by atoms with Gasteiger partial charge in [0.25, 0.3) is 0 Å². The van der Waals surface area contributed by atoms with Gasteiger partial charge in [0.15, 0.2) is 5.82 Å². The molecule has 0 bridgehead atoms. The van der Waals surface area contributed by atoms with Gasteiger partial charge < -0.3 is 19.7 Å². The fourth-order valence-corrected chi connectivity index (χ4v) is 3.84. The lowest BCUT2D eigenvalue weighted by Crippen LogP contribution is -2.42. The van der Waals surface area contributed by atoms with Gasteiger partial charge in [-0.2, -0.15) is 4.98 Å². The van der Waals surface area contributed by atoms with Gasteiger partial charge >= 0.3 is 5.97 Å². The second kappa shape index (κ2) is 9.83. The molecule has 166 valence electrons. The normalized spacial score (nSPS) is 16.9. The molecule has 0 unspecified atom stereocenters. The minimum atomic E-state index is -0.209. The number of ether oxygens (including phenoxy) is 2. The number of esters is 1. The van der Waals surface area contributed by atoms with Crippen molar-refractivity contribution in [2.24, 2.45) is 11.8 Å². The van der Waals surface area contributed by atoms with Gasteiger partial charge in [0, 0.05) is 38.1 Å². The zero-order valence-electron chi connectivity index (χ0n) is 18.0. The summed E-state index contributed by atoms with van der Waals surface area (Å²) in [6.45, 7) is 6.81. The summed E-state index contributed by atoms with van der Waals surface area (Å²) < 4.78 is 11.1. The highest BCUT2D eigenvalue weighted by Gasteiger charge is 2.32. The van der Waals surface area contributed by atoms with Crippen LogP contribution >= 0.6 is 11.6 Å². The van der Waals surface area contributed by atoms with E-state index in [9.17, 15) is 4.79 Å². The number of halogens is 1. The highest BCUT2D eigenvalue weighted by Crippen LogP contribution is 2.35. The summed E-state index contributed by atoms with van der Waals surface area (Å²) in [4.78, 5) is 23.6. The van der Waals surface area contributed by atoms with E-state index in [1.807, 2.05) is 6.07 Å². The van der Waals surface area contributed by atoms with E-state index < -0.39 is 0 Å². The van der Waals surface area contributed by atoms with Gasteiger partial charge in [0.1, 0.15) is 5.82 Å². The molecule has 0 radical (unpaired) electrons. The molecule has 2 aromatic heterocycles. The molecular formula is C23H29ClN4O3. The number of rotatable bonds is 8. The second-order valence-electron chi connectivity index (χ2n) is 8.59. The maximum Gasteiger partial charge on any atom is 0.315 e. The molecule has 2 aliphatic rings. The van der Waals surface area contributed by atoms with Gasteiger partial charge in [-0.3, -0.25) is 4.79 Å². The van der Waals surface area contributed by atoms with Crippen LogP contribution in [-0.2, 0) is 9.53 Å². The third-order valence-electron chi connectivity index (χ3n) is 5.44. The maximum absolute atomic E-state index is 12.2. The fraction of sp³-hybridized carbons (Fsp3) is 0.522. The number of carbonyl (C=O) groups excluding carboxylic acids is 1. The Labute approximate surface area is 188 Å². The first kappa shape index (κ1) is 21.8. The van der Waals surface area contributed by atoms with Crippen LogP contribution in [0.2, 0.25) is 5.02 Å². The Morgan fingerprint density at radius 3 is 2.65 bits per heavy atom. The van der Waals surface area contributed by atoms with Crippen LogP contribution in [0.4, 0.5) is 17.3 Å². The Balaban J connectivity index is 1.66. The van der Waals surface area contributed by atoms with Crippen LogP contribution in [0.1, 0.15) is 39.5 Å². The number of anilines is 3. The van der Waals surface area contributed by atoms with Crippen LogP contribution in [0.5, 0.6) is 5.88 Å². The summed E-state index contributed by atoms with van der Waals surface area (Å²) >= 11 is 5.99. The van der Waals surface area contributed by atoms with Gasteiger partial charge in [-0.15, -0.1) is 0 Å². The number of carbonyl (C=O) groups is 1. The molecule has 2 fully saturated rings. The fourth-order valence-electron chi connectivity index (χ4n) is 3.73. The average Bonchev–Trinajstić information content (AvgIpc) is 3.60. The van der Waals surface area contributed by atoms with Crippen molar-refractivity contribution in [2.75, 3.05) is 30.0 Å². The number of aromatic nitrogens is 2. The third-order valence-corrected chi connectivity index (χ3v) is 5.66. The first-order chi connectivity index (χ1) is 15.0. The van der Waals surface area contributed by atoms with Crippen molar-refractivity contribution < 1.29 is 14.3 Å². The number of hydrogen-bond donors (Lipinski definition) is 1. The largest absolute Gasteiger partial charge is 0.407 e. The van der Waals surface area contributed by atoms with Crippen molar-refractivity contribution in [1.29, 1.82) is 0 Å². The standard InChI is InChI=1S/C23H29ClN4O3/c1-15(2)14-28(18-9-11-30-12-10-18)19-6-8-21(31-23(29)16-3-4-16)27-22(19)26-20-7-5-17(24)13-25-20/h5-8,13,15-16,18H,3-4,9-12,14H2,1-2H3,(H,25,26,27). The summed E-state index contributed by atoms with van der Waals surface area (Å²) in [5.74, 6) is 1.81. The Kier molecular flexibility index (Phi) is 6.92. The molecular weight excluding hydrogens is 416 g/mol. The molecule has 8 heteroatoms. The molecule has 4 rings (SSSR count). The van der Waals surface area contributed by atoms with Gasteiger partial charge in [0.2, 0.25) is 5.88 Å². The lowest BCUT2D eigenvalue weighted by atomic mass is 10.0.